The Morgan fingerprint density at radius 2 is 2.21 bits per heavy atom. The third-order valence-electron chi connectivity index (χ3n) is 3.40. The van der Waals surface area contributed by atoms with E-state index in [9.17, 15) is 5.11 Å². The van der Waals surface area contributed by atoms with Gasteiger partial charge in [0.25, 0.3) is 0 Å². The van der Waals surface area contributed by atoms with Crippen molar-refractivity contribution in [2.45, 2.75) is 44.8 Å². The molecule has 2 atom stereocenters. The van der Waals surface area contributed by atoms with Crippen molar-refractivity contribution in [2.24, 2.45) is 0 Å². The van der Waals surface area contributed by atoms with E-state index in [2.05, 4.69) is 4.90 Å². The van der Waals surface area contributed by atoms with Gasteiger partial charge in [0, 0.05) is 19.2 Å². The standard InChI is InChI=1S/C9H17NO2.C2H6/c1-12-8-5-9(7-11)3-2-4-10(9)6-8;1-2/h8,11H,2-7H2,1H3;1-2H3/t8?,9-;/m1./s1. The predicted molar refractivity (Wildman–Crippen MR) is 57.4 cm³/mol. The van der Waals surface area contributed by atoms with E-state index in [4.69, 9.17) is 4.74 Å². The zero-order chi connectivity index (χ0) is 10.6. The smallest absolute Gasteiger partial charge is 0.0716 e. The average Bonchev–Trinajstić information content (AvgIpc) is 2.76. The highest BCUT2D eigenvalue weighted by Crippen LogP contribution is 2.39. The molecule has 2 heterocycles. The van der Waals surface area contributed by atoms with Gasteiger partial charge in [0.05, 0.1) is 12.7 Å². The van der Waals surface area contributed by atoms with Crippen molar-refractivity contribution in [3.8, 4) is 0 Å². The Kier molecular flexibility index (Phi) is 4.35. The third kappa shape index (κ3) is 1.95. The first-order chi connectivity index (χ1) is 6.80. The van der Waals surface area contributed by atoms with Crippen LogP contribution in [-0.2, 0) is 4.74 Å². The zero-order valence-electron chi connectivity index (χ0n) is 9.62. The van der Waals surface area contributed by atoms with E-state index >= 15 is 0 Å². The Bertz CT molecular complexity index is 175. The minimum Gasteiger partial charge on any atom is -0.394 e. The molecule has 0 aromatic heterocycles. The van der Waals surface area contributed by atoms with Gasteiger partial charge in [0.2, 0.25) is 0 Å². The fourth-order valence-electron chi connectivity index (χ4n) is 2.65. The largest absolute Gasteiger partial charge is 0.394 e. The molecule has 0 aliphatic carbocycles. The van der Waals surface area contributed by atoms with Gasteiger partial charge in [0.15, 0.2) is 0 Å². The minimum absolute atomic E-state index is 0.0840. The second-order valence-electron chi connectivity index (χ2n) is 3.99. The second-order valence-corrected chi connectivity index (χ2v) is 3.99. The molecule has 2 aliphatic heterocycles. The van der Waals surface area contributed by atoms with Crippen LogP contribution in [0.4, 0.5) is 0 Å². The molecule has 3 heteroatoms. The Labute approximate surface area is 87.1 Å². The number of nitrogens with zero attached hydrogens (tertiary/aromatic N) is 1. The highest BCUT2D eigenvalue weighted by Gasteiger charge is 2.47. The number of aliphatic hydroxyl groups is 1. The summed E-state index contributed by atoms with van der Waals surface area (Å²) < 4.78 is 5.32. The van der Waals surface area contributed by atoms with Crippen LogP contribution >= 0.6 is 0 Å². The van der Waals surface area contributed by atoms with Gasteiger partial charge in [-0.3, -0.25) is 4.90 Å². The van der Waals surface area contributed by atoms with E-state index in [1.807, 2.05) is 13.8 Å². The SMILES string of the molecule is CC.COC1CN2CCC[C@]2(CO)C1. The van der Waals surface area contributed by atoms with Crippen molar-refractivity contribution >= 4 is 0 Å². The van der Waals surface area contributed by atoms with Crippen LogP contribution in [0, 0.1) is 0 Å². The van der Waals surface area contributed by atoms with Crippen molar-refractivity contribution < 1.29 is 9.84 Å². The molecule has 14 heavy (non-hydrogen) atoms. The summed E-state index contributed by atoms with van der Waals surface area (Å²) in [7, 11) is 1.76. The Balaban J connectivity index is 0.000000461. The van der Waals surface area contributed by atoms with Crippen molar-refractivity contribution in [2.75, 3.05) is 26.8 Å². The van der Waals surface area contributed by atoms with Crippen molar-refractivity contribution in [3.63, 3.8) is 0 Å². The molecule has 2 aliphatic rings. The van der Waals surface area contributed by atoms with Crippen LogP contribution in [0.3, 0.4) is 0 Å². The van der Waals surface area contributed by atoms with Gasteiger partial charge < -0.3 is 9.84 Å². The molecule has 2 fully saturated rings. The molecule has 1 N–H and O–H groups in total. The van der Waals surface area contributed by atoms with Crippen LogP contribution in [0.15, 0.2) is 0 Å². The maximum absolute atomic E-state index is 9.34. The number of fused-ring (bicyclic) bond motifs is 1. The first-order valence-electron chi connectivity index (χ1n) is 5.69. The van der Waals surface area contributed by atoms with E-state index in [1.165, 1.54) is 6.42 Å². The van der Waals surface area contributed by atoms with Crippen LogP contribution in [0.2, 0.25) is 0 Å². The van der Waals surface area contributed by atoms with Crippen LogP contribution in [0.5, 0.6) is 0 Å². The number of hydrogen-bond acceptors (Lipinski definition) is 3. The van der Waals surface area contributed by atoms with E-state index in [-0.39, 0.29) is 5.54 Å². The molecule has 0 saturated carbocycles. The average molecular weight is 201 g/mol. The summed E-state index contributed by atoms with van der Waals surface area (Å²) >= 11 is 0. The molecule has 2 saturated heterocycles. The molecule has 0 radical (unpaired) electrons. The lowest BCUT2D eigenvalue weighted by molar-refractivity contribution is 0.0944. The Morgan fingerprint density at radius 3 is 2.71 bits per heavy atom. The third-order valence-corrected chi connectivity index (χ3v) is 3.40. The quantitative estimate of drug-likeness (QED) is 0.730. The van der Waals surface area contributed by atoms with E-state index in [0.29, 0.717) is 12.7 Å². The molecular weight excluding hydrogens is 178 g/mol. The summed E-state index contributed by atoms with van der Waals surface area (Å²) in [6.07, 6.45) is 3.73. The summed E-state index contributed by atoms with van der Waals surface area (Å²) in [5.74, 6) is 0. The molecular formula is C11H23NO2. The molecule has 0 aromatic rings. The van der Waals surface area contributed by atoms with Crippen molar-refractivity contribution in [1.82, 2.24) is 4.90 Å². The van der Waals surface area contributed by atoms with Crippen LogP contribution < -0.4 is 0 Å². The monoisotopic (exact) mass is 201 g/mol. The number of ether oxygens (including phenoxy) is 1. The van der Waals surface area contributed by atoms with Crippen molar-refractivity contribution in [3.05, 3.63) is 0 Å². The van der Waals surface area contributed by atoms with Gasteiger partial charge in [-0.05, 0) is 25.8 Å². The lowest BCUT2D eigenvalue weighted by Crippen LogP contribution is -2.41. The number of hydrogen-bond donors (Lipinski definition) is 1. The summed E-state index contributed by atoms with van der Waals surface area (Å²) in [6.45, 7) is 6.45. The highest BCUT2D eigenvalue weighted by molar-refractivity contribution is 5.03. The fraction of sp³-hybridized carbons (Fsp3) is 1.00. The summed E-state index contributed by atoms with van der Waals surface area (Å²) in [5.41, 5.74) is 0.0840. The second kappa shape index (κ2) is 5.10. The van der Waals surface area contributed by atoms with Gasteiger partial charge in [-0.2, -0.15) is 0 Å². The molecule has 0 spiro atoms. The van der Waals surface area contributed by atoms with E-state index in [0.717, 1.165) is 25.9 Å². The summed E-state index contributed by atoms with van der Waals surface area (Å²) in [5, 5.41) is 9.34. The molecule has 0 bridgehead atoms. The molecule has 1 unspecified atom stereocenters. The first-order valence-corrected chi connectivity index (χ1v) is 5.69. The number of methoxy groups -OCH3 is 1. The van der Waals surface area contributed by atoms with Crippen LogP contribution in [0.1, 0.15) is 33.1 Å². The highest BCUT2D eigenvalue weighted by atomic mass is 16.5. The number of rotatable bonds is 2. The van der Waals surface area contributed by atoms with Crippen molar-refractivity contribution in [1.29, 1.82) is 0 Å². The van der Waals surface area contributed by atoms with Gasteiger partial charge >= 0.3 is 0 Å². The van der Waals surface area contributed by atoms with Crippen LogP contribution in [-0.4, -0.2) is 48.5 Å². The summed E-state index contributed by atoms with van der Waals surface area (Å²) in [6, 6.07) is 0. The van der Waals surface area contributed by atoms with Gasteiger partial charge in [-0.25, -0.2) is 0 Å². The summed E-state index contributed by atoms with van der Waals surface area (Å²) in [4.78, 5) is 2.39. The first kappa shape index (κ1) is 12.0. The minimum atomic E-state index is 0.0840. The molecule has 0 aromatic carbocycles. The predicted octanol–water partition coefficient (Wildman–Crippen LogP) is 1.26. The fourth-order valence-corrected chi connectivity index (χ4v) is 2.65. The molecule has 2 rings (SSSR count). The topological polar surface area (TPSA) is 32.7 Å². The van der Waals surface area contributed by atoms with E-state index in [1.54, 1.807) is 7.11 Å². The van der Waals surface area contributed by atoms with E-state index < -0.39 is 0 Å². The van der Waals surface area contributed by atoms with Gasteiger partial charge in [-0.15, -0.1) is 0 Å². The normalized spacial score (nSPS) is 36.4. The maximum atomic E-state index is 9.34. The van der Waals surface area contributed by atoms with Gasteiger partial charge in [0.1, 0.15) is 0 Å². The zero-order valence-corrected chi connectivity index (χ0v) is 9.62. The lowest BCUT2D eigenvalue weighted by Gasteiger charge is -2.28. The lowest BCUT2D eigenvalue weighted by atomic mass is 9.94. The molecule has 0 amide bonds. The Hall–Kier alpha value is -0.120. The Morgan fingerprint density at radius 1 is 1.50 bits per heavy atom. The number of aliphatic hydroxyl groups excluding tert-OH is 1. The maximum Gasteiger partial charge on any atom is 0.0716 e. The molecule has 3 nitrogen and oxygen atoms in total. The molecule has 84 valence electrons. The van der Waals surface area contributed by atoms with Gasteiger partial charge in [-0.1, -0.05) is 13.8 Å². The van der Waals surface area contributed by atoms with Crippen LogP contribution in [0.25, 0.3) is 0 Å².